The summed E-state index contributed by atoms with van der Waals surface area (Å²) in [5.74, 6) is 3.50. The monoisotopic (exact) mass is 302 g/mol. The molecule has 0 amide bonds. The van der Waals surface area contributed by atoms with E-state index in [4.69, 9.17) is 0 Å². The van der Waals surface area contributed by atoms with Crippen LogP contribution >= 0.6 is 0 Å². The summed E-state index contributed by atoms with van der Waals surface area (Å²) in [5.41, 5.74) is 6.08. The minimum atomic E-state index is -1.34. The second kappa shape index (κ2) is 5.17. The lowest BCUT2D eigenvalue weighted by Crippen LogP contribution is -2.31. The van der Waals surface area contributed by atoms with E-state index in [9.17, 15) is 9.90 Å². The quantitative estimate of drug-likeness (QED) is 0.446. The van der Waals surface area contributed by atoms with Crippen molar-refractivity contribution in [2.75, 3.05) is 0 Å². The number of aliphatic carboxylic acids is 1. The normalized spacial score (nSPS) is 27.0. The Morgan fingerprint density at radius 3 is 2.38 bits per heavy atom. The number of hydrogen-bond donors (Lipinski definition) is 1. The summed E-state index contributed by atoms with van der Waals surface area (Å²) in [6, 6.07) is 0. The zero-order valence-electron chi connectivity index (χ0n) is 14.0. The highest BCUT2D eigenvalue weighted by molar-refractivity contribution is 6.83. The Hall–Kier alpha value is -1.27. The summed E-state index contributed by atoms with van der Waals surface area (Å²) in [7, 11) is -1.34. The SMILES string of the molecule is CC(C)(C)C(C(=O)O)=C1C[C@@H]2CC(C#C[Si](C)(C)C)=C[C@@H]12. The van der Waals surface area contributed by atoms with Crippen LogP contribution < -0.4 is 0 Å². The van der Waals surface area contributed by atoms with Crippen LogP contribution in [0, 0.1) is 28.7 Å². The van der Waals surface area contributed by atoms with Gasteiger partial charge in [-0.2, -0.15) is 0 Å². The zero-order valence-corrected chi connectivity index (χ0v) is 15.0. The van der Waals surface area contributed by atoms with Gasteiger partial charge in [-0.3, -0.25) is 0 Å². The largest absolute Gasteiger partial charge is 0.478 e. The van der Waals surface area contributed by atoms with Crippen molar-refractivity contribution in [3.8, 4) is 11.5 Å². The van der Waals surface area contributed by atoms with E-state index >= 15 is 0 Å². The molecular weight excluding hydrogens is 276 g/mol. The summed E-state index contributed by atoms with van der Waals surface area (Å²) < 4.78 is 0. The van der Waals surface area contributed by atoms with Crippen molar-refractivity contribution in [1.82, 2.24) is 0 Å². The number of allylic oxidation sites excluding steroid dienone is 3. The van der Waals surface area contributed by atoms with Crippen molar-refractivity contribution >= 4 is 14.0 Å². The van der Waals surface area contributed by atoms with Gasteiger partial charge in [0.2, 0.25) is 0 Å². The Balaban J connectivity index is 2.29. The van der Waals surface area contributed by atoms with Crippen LogP contribution in [0.4, 0.5) is 0 Å². The molecule has 0 aromatic heterocycles. The van der Waals surface area contributed by atoms with Crippen LogP contribution in [0.15, 0.2) is 22.8 Å². The molecule has 0 heterocycles. The fourth-order valence-electron chi connectivity index (χ4n) is 3.24. The smallest absolute Gasteiger partial charge is 0.332 e. The molecule has 0 aromatic carbocycles. The maximum Gasteiger partial charge on any atom is 0.332 e. The van der Waals surface area contributed by atoms with Crippen molar-refractivity contribution in [3.05, 3.63) is 22.8 Å². The zero-order chi connectivity index (χ0) is 16.0. The predicted molar refractivity (Wildman–Crippen MR) is 89.5 cm³/mol. The van der Waals surface area contributed by atoms with E-state index in [2.05, 4.69) is 37.2 Å². The van der Waals surface area contributed by atoms with Gasteiger partial charge in [-0.25, -0.2) is 4.79 Å². The molecule has 0 saturated heterocycles. The number of fused-ring (bicyclic) bond motifs is 1. The molecule has 0 aliphatic heterocycles. The van der Waals surface area contributed by atoms with E-state index in [1.807, 2.05) is 20.8 Å². The molecule has 0 aromatic rings. The van der Waals surface area contributed by atoms with E-state index in [-0.39, 0.29) is 5.41 Å². The van der Waals surface area contributed by atoms with Gasteiger partial charge in [-0.1, -0.05) is 58.0 Å². The van der Waals surface area contributed by atoms with Crippen LogP contribution in [-0.2, 0) is 4.79 Å². The van der Waals surface area contributed by atoms with Crippen LogP contribution in [0.25, 0.3) is 0 Å². The van der Waals surface area contributed by atoms with Crippen LogP contribution in [0.5, 0.6) is 0 Å². The number of carboxylic acid groups (broad SMARTS) is 1. The molecule has 2 nitrogen and oxygen atoms in total. The summed E-state index contributed by atoms with van der Waals surface area (Å²) >= 11 is 0. The minimum Gasteiger partial charge on any atom is -0.478 e. The summed E-state index contributed by atoms with van der Waals surface area (Å²) in [6.07, 6.45) is 4.19. The van der Waals surface area contributed by atoms with Gasteiger partial charge in [0.05, 0.1) is 0 Å². The number of carbonyl (C=O) groups is 1. The first-order chi connectivity index (χ1) is 9.49. The Morgan fingerprint density at radius 1 is 1.29 bits per heavy atom. The lowest BCUT2D eigenvalue weighted by Gasteiger charge is -2.38. The Morgan fingerprint density at radius 2 is 1.90 bits per heavy atom. The highest BCUT2D eigenvalue weighted by Gasteiger charge is 2.43. The highest BCUT2D eigenvalue weighted by Crippen LogP contribution is 2.52. The van der Waals surface area contributed by atoms with Crippen molar-refractivity contribution in [1.29, 1.82) is 0 Å². The molecule has 0 radical (unpaired) electrons. The van der Waals surface area contributed by atoms with Gasteiger partial charge in [0, 0.05) is 11.5 Å². The van der Waals surface area contributed by atoms with Gasteiger partial charge < -0.3 is 5.11 Å². The summed E-state index contributed by atoms with van der Waals surface area (Å²) in [6.45, 7) is 12.7. The van der Waals surface area contributed by atoms with E-state index in [0.717, 1.165) is 18.4 Å². The maximum atomic E-state index is 11.6. The van der Waals surface area contributed by atoms with Gasteiger partial charge in [0.25, 0.3) is 0 Å². The average Bonchev–Trinajstić information content (AvgIpc) is 2.57. The molecule has 21 heavy (non-hydrogen) atoms. The maximum absolute atomic E-state index is 11.6. The van der Waals surface area contributed by atoms with Crippen LogP contribution in [-0.4, -0.2) is 19.1 Å². The third kappa shape index (κ3) is 3.49. The molecule has 2 aliphatic carbocycles. The van der Waals surface area contributed by atoms with Crippen LogP contribution in [0.3, 0.4) is 0 Å². The van der Waals surface area contributed by atoms with E-state index in [0.29, 0.717) is 17.4 Å². The van der Waals surface area contributed by atoms with Crippen molar-refractivity contribution in [2.45, 2.75) is 53.3 Å². The third-order valence-corrected chi connectivity index (χ3v) is 5.01. The standard InChI is InChI=1S/C18H26O2Si/c1-18(2,3)16(17(19)20)15-11-13-9-12(10-14(13)15)7-8-21(4,5)6/h10,13-14H,9,11H2,1-6H3,(H,19,20)/t13-,14+/m0/s1. The second-order valence-corrected chi connectivity index (χ2v) is 13.1. The summed E-state index contributed by atoms with van der Waals surface area (Å²) in [4.78, 5) is 11.6. The molecule has 0 bridgehead atoms. The van der Waals surface area contributed by atoms with Gasteiger partial charge in [0.1, 0.15) is 8.07 Å². The first-order valence-electron chi connectivity index (χ1n) is 7.70. The van der Waals surface area contributed by atoms with E-state index < -0.39 is 14.0 Å². The molecule has 3 heteroatoms. The Kier molecular flexibility index (Phi) is 3.97. The minimum absolute atomic E-state index is 0.299. The van der Waals surface area contributed by atoms with Crippen LogP contribution in [0.1, 0.15) is 33.6 Å². The van der Waals surface area contributed by atoms with Gasteiger partial charge >= 0.3 is 5.97 Å². The molecule has 2 atom stereocenters. The first kappa shape index (κ1) is 16.1. The second-order valence-electron chi connectivity index (χ2n) is 8.34. The lowest BCUT2D eigenvalue weighted by molar-refractivity contribution is -0.133. The third-order valence-electron chi connectivity index (χ3n) is 4.14. The van der Waals surface area contributed by atoms with Crippen LogP contribution in [0.2, 0.25) is 19.6 Å². The highest BCUT2D eigenvalue weighted by atomic mass is 28.3. The molecule has 1 saturated carbocycles. The molecule has 0 unspecified atom stereocenters. The topological polar surface area (TPSA) is 37.3 Å². The predicted octanol–water partition coefficient (Wildman–Crippen LogP) is 4.26. The molecule has 2 aliphatic rings. The van der Waals surface area contributed by atoms with Crippen molar-refractivity contribution in [3.63, 3.8) is 0 Å². The first-order valence-corrected chi connectivity index (χ1v) is 11.2. The number of carboxylic acids is 1. The average molecular weight is 302 g/mol. The molecule has 114 valence electrons. The Bertz CT molecular complexity index is 585. The molecule has 0 spiro atoms. The fourth-order valence-corrected chi connectivity index (χ4v) is 3.78. The van der Waals surface area contributed by atoms with Gasteiger partial charge in [0.15, 0.2) is 0 Å². The summed E-state index contributed by atoms with van der Waals surface area (Å²) in [5, 5.41) is 9.54. The number of rotatable bonds is 1. The fraction of sp³-hybridized carbons (Fsp3) is 0.611. The van der Waals surface area contributed by atoms with Gasteiger partial charge in [-0.15, -0.1) is 5.54 Å². The van der Waals surface area contributed by atoms with E-state index in [1.165, 1.54) is 5.57 Å². The van der Waals surface area contributed by atoms with E-state index in [1.54, 1.807) is 0 Å². The number of hydrogen-bond acceptors (Lipinski definition) is 1. The Labute approximate surface area is 129 Å². The molecule has 1 fully saturated rings. The van der Waals surface area contributed by atoms with Crippen molar-refractivity contribution in [2.24, 2.45) is 17.3 Å². The molecular formula is C18H26O2Si. The molecule has 2 rings (SSSR count). The molecule has 1 N–H and O–H groups in total. The van der Waals surface area contributed by atoms with Crippen molar-refractivity contribution < 1.29 is 9.90 Å². The lowest BCUT2D eigenvalue weighted by atomic mass is 9.65. The van der Waals surface area contributed by atoms with Gasteiger partial charge in [-0.05, 0) is 29.7 Å².